The molecule has 6 nitrogen and oxygen atoms in total. The maximum atomic E-state index is 12.8. The highest BCUT2D eigenvalue weighted by molar-refractivity contribution is 7.09. The standard InChI is InChI=1S/C19H22N2O4S/c1-11(2)17(25-19(23)15-10-26-12(3)20-15)18(22)21-14-8-9-24-16-7-5-4-6-13(14)16/h4-7,10-11,14,17H,8-9H2,1-3H3,(H,21,22)/t14-,17+/m1/s1. The van der Waals surface area contributed by atoms with Gasteiger partial charge in [0.2, 0.25) is 0 Å². The van der Waals surface area contributed by atoms with Gasteiger partial charge in [-0.3, -0.25) is 4.79 Å². The molecule has 138 valence electrons. The topological polar surface area (TPSA) is 77.5 Å². The van der Waals surface area contributed by atoms with Crippen LogP contribution in [0.4, 0.5) is 0 Å². The molecule has 1 aliphatic heterocycles. The predicted molar refractivity (Wildman–Crippen MR) is 98.3 cm³/mol. The van der Waals surface area contributed by atoms with Crippen molar-refractivity contribution < 1.29 is 19.1 Å². The first kappa shape index (κ1) is 18.4. The number of nitrogens with zero attached hydrogens (tertiary/aromatic N) is 1. The van der Waals surface area contributed by atoms with Gasteiger partial charge in [0, 0.05) is 17.4 Å². The van der Waals surface area contributed by atoms with Gasteiger partial charge in [-0.2, -0.15) is 0 Å². The molecule has 2 aromatic rings. The van der Waals surface area contributed by atoms with E-state index in [0.29, 0.717) is 13.0 Å². The second-order valence-electron chi connectivity index (χ2n) is 6.56. The van der Waals surface area contributed by atoms with Gasteiger partial charge in [-0.05, 0) is 18.9 Å². The van der Waals surface area contributed by atoms with Gasteiger partial charge in [0.15, 0.2) is 11.8 Å². The number of thiazole rings is 1. The zero-order valence-corrected chi connectivity index (χ0v) is 15.8. The third-order valence-electron chi connectivity index (χ3n) is 4.20. The van der Waals surface area contributed by atoms with Crippen molar-refractivity contribution in [2.45, 2.75) is 39.3 Å². The SMILES string of the molecule is Cc1nc(C(=O)O[C@H](C(=O)N[C@@H]2CCOc3ccccc32)C(C)C)cs1. The molecule has 7 heteroatoms. The minimum Gasteiger partial charge on any atom is -0.493 e. The molecule has 3 rings (SSSR count). The van der Waals surface area contributed by atoms with E-state index in [1.807, 2.05) is 45.0 Å². The van der Waals surface area contributed by atoms with E-state index in [-0.39, 0.29) is 23.6 Å². The molecule has 0 radical (unpaired) electrons. The van der Waals surface area contributed by atoms with E-state index in [9.17, 15) is 9.59 Å². The summed E-state index contributed by atoms with van der Waals surface area (Å²) < 4.78 is 11.1. The molecular weight excluding hydrogens is 352 g/mol. The van der Waals surface area contributed by atoms with E-state index >= 15 is 0 Å². The number of carbonyl (C=O) groups excluding carboxylic acids is 2. The van der Waals surface area contributed by atoms with Crippen LogP contribution in [-0.4, -0.2) is 29.6 Å². The fraction of sp³-hybridized carbons (Fsp3) is 0.421. The van der Waals surface area contributed by atoms with E-state index in [2.05, 4.69) is 10.3 Å². The van der Waals surface area contributed by atoms with Crippen molar-refractivity contribution in [1.29, 1.82) is 0 Å². The van der Waals surface area contributed by atoms with Crippen LogP contribution in [0, 0.1) is 12.8 Å². The average molecular weight is 374 g/mol. The van der Waals surface area contributed by atoms with Crippen molar-refractivity contribution in [3.8, 4) is 5.75 Å². The maximum absolute atomic E-state index is 12.8. The summed E-state index contributed by atoms with van der Waals surface area (Å²) in [6, 6.07) is 7.48. The number of para-hydroxylation sites is 1. The molecule has 1 aromatic carbocycles. The van der Waals surface area contributed by atoms with Gasteiger partial charge >= 0.3 is 5.97 Å². The van der Waals surface area contributed by atoms with Crippen molar-refractivity contribution in [1.82, 2.24) is 10.3 Å². The van der Waals surface area contributed by atoms with E-state index in [1.54, 1.807) is 5.38 Å². The number of amides is 1. The highest BCUT2D eigenvalue weighted by Gasteiger charge is 2.31. The molecule has 0 spiro atoms. The van der Waals surface area contributed by atoms with Crippen LogP contribution in [0.15, 0.2) is 29.6 Å². The first-order chi connectivity index (χ1) is 12.5. The zero-order chi connectivity index (χ0) is 18.7. The lowest BCUT2D eigenvalue weighted by molar-refractivity contribution is -0.133. The summed E-state index contributed by atoms with van der Waals surface area (Å²) in [5, 5.41) is 5.42. The first-order valence-electron chi connectivity index (χ1n) is 8.61. The lowest BCUT2D eigenvalue weighted by Crippen LogP contribution is -2.43. The second kappa shape index (κ2) is 7.86. The minimum absolute atomic E-state index is 0.158. The molecule has 26 heavy (non-hydrogen) atoms. The van der Waals surface area contributed by atoms with E-state index < -0.39 is 12.1 Å². The van der Waals surface area contributed by atoms with Gasteiger partial charge in [-0.25, -0.2) is 9.78 Å². The molecule has 0 fully saturated rings. The molecule has 1 amide bonds. The summed E-state index contributed by atoms with van der Waals surface area (Å²) in [5.41, 5.74) is 1.18. The van der Waals surface area contributed by atoms with Crippen molar-refractivity contribution >= 4 is 23.2 Å². The van der Waals surface area contributed by atoms with Crippen molar-refractivity contribution in [2.24, 2.45) is 5.92 Å². The van der Waals surface area contributed by atoms with Gasteiger partial charge < -0.3 is 14.8 Å². The van der Waals surface area contributed by atoms with Gasteiger partial charge in [-0.15, -0.1) is 11.3 Å². The lowest BCUT2D eigenvalue weighted by Gasteiger charge is -2.29. The smallest absolute Gasteiger partial charge is 0.358 e. The number of aromatic nitrogens is 1. The summed E-state index contributed by atoms with van der Waals surface area (Å²) in [7, 11) is 0. The number of aryl methyl sites for hydroxylation is 1. The van der Waals surface area contributed by atoms with Gasteiger partial charge in [0.1, 0.15) is 5.75 Å². The molecule has 0 saturated heterocycles. The Kier molecular flexibility index (Phi) is 5.56. The summed E-state index contributed by atoms with van der Waals surface area (Å²) in [6.45, 7) is 6.05. The van der Waals surface area contributed by atoms with Crippen LogP contribution in [0.3, 0.4) is 0 Å². The molecule has 0 saturated carbocycles. The van der Waals surface area contributed by atoms with Crippen LogP contribution >= 0.6 is 11.3 Å². The third-order valence-corrected chi connectivity index (χ3v) is 4.97. The molecule has 1 aliphatic rings. The normalized spacial score (nSPS) is 17.2. The molecule has 0 aliphatic carbocycles. The fourth-order valence-corrected chi connectivity index (χ4v) is 3.45. The Morgan fingerprint density at radius 1 is 1.35 bits per heavy atom. The summed E-state index contributed by atoms with van der Waals surface area (Å²) in [6.07, 6.45) is -0.202. The average Bonchev–Trinajstić information content (AvgIpc) is 3.06. The number of hydrogen-bond acceptors (Lipinski definition) is 6. The Balaban J connectivity index is 1.71. The number of hydrogen-bond donors (Lipinski definition) is 1. The number of rotatable bonds is 5. The molecule has 2 atom stereocenters. The summed E-state index contributed by atoms with van der Waals surface area (Å²) in [4.78, 5) is 29.2. The number of esters is 1. The molecule has 0 bridgehead atoms. The van der Waals surface area contributed by atoms with Crippen molar-refractivity contribution in [3.63, 3.8) is 0 Å². The Morgan fingerprint density at radius 3 is 2.81 bits per heavy atom. The number of fused-ring (bicyclic) bond motifs is 1. The first-order valence-corrected chi connectivity index (χ1v) is 9.49. The Hall–Kier alpha value is -2.41. The number of nitrogens with one attached hydrogen (secondary N) is 1. The molecule has 0 unspecified atom stereocenters. The highest BCUT2D eigenvalue weighted by Crippen LogP contribution is 2.31. The summed E-state index contributed by atoms with van der Waals surface area (Å²) in [5.74, 6) is -0.258. The Morgan fingerprint density at radius 2 is 2.12 bits per heavy atom. The van der Waals surface area contributed by atoms with Crippen LogP contribution in [0.1, 0.15) is 47.4 Å². The lowest BCUT2D eigenvalue weighted by atomic mass is 9.99. The maximum Gasteiger partial charge on any atom is 0.358 e. The van der Waals surface area contributed by atoms with Gasteiger partial charge in [0.05, 0.1) is 17.7 Å². The molecule has 2 heterocycles. The number of carbonyl (C=O) groups is 2. The van der Waals surface area contributed by atoms with E-state index in [0.717, 1.165) is 16.3 Å². The monoisotopic (exact) mass is 374 g/mol. The van der Waals surface area contributed by atoms with Crippen molar-refractivity contribution in [2.75, 3.05) is 6.61 Å². The highest BCUT2D eigenvalue weighted by atomic mass is 32.1. The van der Waals surface area contributed by atoms with Crippen LogP contribution in [0.2, 0.25) is 0 Å². The second-order valence-corrected chi connectivity index (χ2v) is 7.62. The van der Waals surface area contributed by atoms with E-state index in [4.69, 9.17) is 9.47 Å². The van der Waals surface area contributed by atoms with Crippen LogP contribution in [-0.2, 0) is 9.53 Å². The Bertz CT molecular complexity index is 802. The third kappa shape index (κ3) is 4.04. The minimum atomic E-state index is -0.875. The van der Waals surface area contributed by atoms with E-state index in [1.165, 1.54) is 11.3 Å². The van der Waals surface area contributed by atoms with Crippen LogP contribution < -0.4 is 10.1 Å². The van der Waals surface area contributed by atoms with Crippen molar-refractivity contribution in [3.05, 3.63) is 45.9 Å². The van der Waals surface area contributed by atoms with Crippen LogP contribution in [0.5, 0.6) is 5.75 Å². The zero-order valence-electron chi connectivity index (χ0n) is 15.0. The van der Waals surface area contributed by atoms with Crippen LogP contribution in [0.25, 0.3) is 0 Å². The number of benzene rings is 1. The largest absolute Gasteiger partial charge is 0.493 e. The summed E-state index contributed by atoms with van der Waals surface area (Å²) >= 11 is 1.37. The fourth-order valence-electron chi connectivity index (χ4n) is 2.87. The quantitative estimate of drug-likeness (QED) is 0.813. The Labute approximate surface area is 156 Å². The molecule has 1 N–H and O–H groups in total. The van der Waals surface area contributed by atoms with Gasteiger partial charge in [0.25, 0.3) is 5.91 Å². The predicted octanol–water partition coefficient (Wildman–Crippen LogP) is 3.27. The van der Waals surface area contributed by atoms with Gasteiger partial charge in [-0.1, -0.05) is 32.0 Å². The molecular formula is C19H22N2O4S. The number of ether oxygens (including phenoxy) is 2. The molecule has 1 aromatic heterocycles.